The van der Waals surface area contributed by atoms with E-state index < -0.39 is 20.3 Å². The number of ketones is 1. The molecule has 0 aliphatic heterocycles. The number of carbonyl (C=O) groups is 1. The van der Waals surface area contributed by atoms with Crippen molar-refractivity contribution in [3.8, 4) is 0 Å². The molecule has 0 N–H and O–H groups in total. The van der Waals surface area contributed by atoms with E-state index in [2.05, 4.69) is 4.40 Å². The lowest BCUT2D eigenvalue weighted by molar-refractivity contribution is -0.118. The Morgan fingerprint density at radius 3 is 2.30 bits per heavy atom. The molecule has 1 aliphatic rings. The molecule has 0 amide bonds. The molecule has 0 fully saturated rings. The van der Waals surface area contributed by atoms with Crippen LogP contribution in [0.5, 0.6) is 0 Å². The third kappa shape index (κ3) is 3.23. The number of nitrogens with zero attached hydrogens (tertiary/aromatic N) is 1. The van der Waals surface area contributed by atoms with Gasteiger partial charge in [-0.2, -0.15) is 12.8 Å². The summed E-state index contributed by atoms with van der Waals surface area (Å²) in [5.41, 5.74) is 0.519. The van der Waals surface area contributed by atoms with E-state index in [0.717, 1.165) is 0 Å². The van der Waals surface area contributed by atoms with Crippen LogP contribution >= 0.6 is 23.2 Å². The third-order valence-electron chi connectivity index (χ3n) is 3.84. The largest absolute Gasteiger partial charge is 0.293 e. The van der Waals surface area contributed by atoms with E-state index in [1.807, 2.05) is 0 Å². The number of halogens is 2. The van der Waals surface area contributed by atoms with Crippen molar-refractivity contribution < 1.29 is 13.2 Å². The number of sulfonamides is 1. The van der Waals surface area contributed by atoms with Crippen molar-refractivity contribution in [2.75, 3.05) is 0 Å². The van der Waals surface area contributed by atoms with Crippen molar-refractivity contribution in [3.05, 3.63) is 42.0 Å². The molecule has 0 saturated carbocycles. The maximum Gasteiger partial charge on any atom is 0.282 e. The van der Waals surface area contributed by atoms with Gasteiger partial charge in [-0.3, -0.25) is 4.79 Å². The van der Waals surface area contributed by atoms with Crippen LogP contribution in [0.3, 0.4) is 0 Å². The Kier molecular flexibility index (Phi) is 5.04. The molecule has 2 atom stereocenters. The lowest BCUT2D eigenvalue weighted by Gasteiger charge is -2.36. The third-order valence-corrected chi connectivity index (χ3v) is 6.65. The van der Waals surface area contributed by atoms with Gasteiger partial charge in [0, 0.05) is 0 Å². The maximum absolute atomic E-state index is 12.5. The standard InChI is InChI=1S/C16H17Cl2NO3S/c1-10(2)16(18)13(20)9-11(3)14(15(16)17)19-23(21,22)12-7-5-4-6-8-12/h4-10,15H,1-3H3. The molecule has 23 heavy (non-hydrogen) atoms. The first kappa shape index (κ1) is 18.2. The van der Waals surface area contributed by atoms with Crippen molar-refractivity contribution in [1.29, 1.82) is 0 Å². The van der Waals surface area contributed by atoms with Crippen LogP contribution in [0.15, 0.2) is 51.3 Å². The van der Waals surface area contributed by atoms with Gasteiger partial charge in [0.1, 0.15) is 10.3 Å². The first-order valence-electron chi connectivity index (χ1n) is 7.06. The Morgan fingerprint density at radius 2 is 1.78 bits per heavy atom. The van der Waals surface area contributed by atoms with Gasteiger partial charge in [-0.1, -0.05) is 32.0 Å². The van der Waals surface area contributed by atoms with E-state index in [4.69, 9.17) is 23.2 Å². The average molecular weight is 374 g/mol. The number of allylic oxidation sites excluding steroid dienone is 2. The van der Waals surface area contributed by atoms with Gasteiger partial charge < -0.3 is 0 Å². The summed E-state index contributed by atoms with van der Waals surface area (Å²) >= 11 is 12.8. The number of benzene rings is 1. The summed E-state index contributed by atoms with van der Waals surface area (Å²) in [6.45, 7) is 5.12. The van der Waals surface area contributed by atoms with E-state index in [9.17, 15) is 13.2 Å². The molecule has 0 radical (unpaired) electrons. The summed E-state index contributed by atoms with van der Waals surface area (Å²) in [4.78, 5) is 10.9. The summed E-state index contributed by atoms with van der Waals surface area (Å²) in [6, 6.07) is 7.83. The minimum atomic E-state index is -3.93. The van der Waals surface area contributed by atoms with Gasteiger partial charge in [0.2, 0.25) is 0 Å². The molecule has 1 aromatic rings. The van der Waals surface area contributed by atoms with E-state index in [1.54, 1.807) is 39.0 Å². The second-order valence-electron chi connectivity index (χ2n) is 5.74. The molecule has 1 aromatic carbocycles. The SMILES string of the molecule is CC1=CC(=O)C(Cl)(C(C)C)C(Cl)C1=NS(=O)(=O)c1ccccc1. The fraction of sp³-hybridized carbons (Fsp3) is 0.375. The number of hydrogen-bond donors (Lipinski definition) is 0. The average Bonchev–Trinajstić information content (AvgIpc) is 2.50. The zero-order valence-corrected chi connectivity index (χ0v) is 15.3. The molecule has 0 spiro atoms. The normalized spacial score (nSPS) is 27.4. The summed E-state index contributed by atoms with van der Waals surface area (Å²) in [5.74, 6) is -0.615. The number of rotatable bonds is 3. The monoisotopic (exact) mass is 373 g/mol. The molecule has 0 heterocycles. The zero-order chi connectivity index (χ0) is 17.4. The number of alkyl halides is 2. The van der Waals surface area contributed by atoms with Crippen LogP contribution in [0.2, 0.25) is 0 Å². The molecular formula is C16H17Cl2NO3S. The summed E-state index contributed by atoms with van der Waals surface area (Å²) in [5, 5.41) is -1.03. The molecule has 0 saturated heterocycles. The molecule has 2 unspecified atom stereocenters. The van der Waals surface area contributed by atoms with Gasteiger partial charge in [0.15, 0.2) is 5.78 Å². The minimum absolute atomic E-state index is 0.0609. The smallest absolute Gasteiger partial charge is 0.282 e. The van der Waals surface area contributed by atoms with Gasteiger partial charge in [0.25, 0.3) is 10.0 Å². The highest BCUT2D eigenvalue weighted by atomic mass is 35.5. The number of carbonyl (C=O) groups excluding carboxylic acids is 1. The fourth-order valence-electron chi connectivity index (χ4n) is 2.38. The summed E-state index contributed by atoms with van der Waals surface area (Å²) < 4.78 is 28.8. The van der Waals surface area contributed by atoms with E-state index >= 15 is 0 Å². The van der Waals surface area contributed by atoms with Crippen molar-refractivity contribution in [2.24, 2.45) is 10.3 Å². The van der Waals surface area contributed by atoms with Crippen LogP contribution in [0, 0.1) is 5.92 Å². The van der Waals surface area contributed by atoms with Crippen LogP contribution in [0.25, 0.3) is 0 Å². The number of hydrogen-bond acceptors (Lipinski definition) is 3. The minimum Gasteiger partial charge on any atom is -0.293 e. The molecule has 2 rings (SSSR count). The van der Waals surface area contributed by atoms with E-state index in [0.29, 0.717) is 5.57 Å². The van der Waals surface area contributed by atoms with Crippen molar-refractivity contribution in [2.45, 2.75) is 35.9 Å². The highest BCUT2D eigenvalue weighted by molar-refractivity contribution is 7.90. The van der Waals surface area contributed by atoms with Gasteiger partial charge in [-0.15, -0.1) is 23.2 Å². The van der Waals surface area contributed by atoms with Crippen LogP contribution < -0.4 is 0 Å². The van der Waals surface area contributed by atoms with Gasteiger partial charge in [-0.25, -0.2) is 0 Å². The Hall–Kier alpha value is -1.17. The Labute approximate surface area is 146 Å². The second kappa shape index (κ2) is 6.38. The van der Waals surface area contributed by atoms with Gasteiger partial charge in [-0.05, 0) is 36.6 Å². The molecular weight excluding hydrogens is 357 g/mol. The first-order chi connectivity index (χ1) is 10.6. The molecule has 124 valence electrons. The second-order valence-corrected chi connectivity index (χ2v) is 8.41. The highest BCUT2D eigenvalue weighted by Gasteiger charge is 2.50. The Morgan fingerprint density at radius 1 is 1.22 bits per heavy atom. The topological polar surface area (TPSA) is 63.6 Å². The van der Waals surface area contributed by atoms with E-state index in [1.165, 1.54) is 18.2 Å². The molecule has 1 aliphatic carbocycles. The van der Waals surface area contributed by atoms with Crippen molar-refractivity contribution >= 4 is 44.7 Å². The molecule has 7 heteroatoms. The predicted molar refractivity (Wildman–Crippen MR) is 92.9 cm³/mol. The van der Waals surface area contributed by atoms with Crippen LogP contribution in [0.4, 0.5) is 0 Å². The quantitative estimate of drug-likeness (QED) is 0.760. The highest BCUT2D eigenvalue weighted by Crippen LogP contribution is 2.39. The van der Waals surface area contributed by atoms with Crippen LogP contribution in [-0.4, -0.2) is 30.2 Å². The van der Waals surface area contributed by atoms with E-state index in [-0.39, 0.29) is 22.3 Å². The van der Waals surface area contributed by atoms with Gasteiger partial charge >= 0.3 is 0 Å². The molecule has 0 bridgehead atoms. The predicted octanol–water partition coefficient (Wildman–Crippen LogP) is 3.59. The lowest BCUT2D eigenvalue weighted by atomic mass is 9.79. The fourth-order valence-corrected chi connectivity index (χ4v) is 4.29. The molecule has 0 aromatic heterocycles. The van der Waals surface area contributed by atoms with Gasteiger partial charge in [0.05, 0.1) is 10.6 Å². The Balaban J connectivity index is 2.58. The van der Waals surface area contributed by atoms with Crippen molar-refractivity contribution in [3.63, 3.8) is 0 Å². The Bertz CT molecular complexity index is 785. The summed E-state index contributed by atoms with van der Waals surface area (Å²) in [6.07, 6.45) is 1.31. The van der Waals surface area contributed by atoms with Crippen LogP contribution in [0.1, 0.15) is 20.8 Å². The first-order valence-corrected chi connectivity index (χ1v) is 9.32. The zero-order valence-electron chi connectivity index (χ0n) is 13.0. The summed E-state index contributed by atoms with van der Waals surface area (Å²) in [7, 11) is -3.93. The van der Waals surface area contributed by atoms with Crippen molar-refractivity contribution in [1.82, 2.24) is 0 Å². The maximum atomic E-state index is 12.5. The molecule has 4 nitrogen and oxygen atoms in total. The van der Waals surface area contributed by atoms with Crippen LogP contribution in [-0.2, 0) is 14.8 Å². The lowest BCUT2D eigenvalue weighted by Crippen LogP contribution is -2.52.